The first-order chi connectivity index (χ1) is 12.2. The molecule has 2 aromatic rings. The van der Waals surface area contributed by atoms with Crippen molar-refractivity contribution >= 4 is 23.0 Å². The van der Waals surface area contributed by atoms with Crippen LogP contribution in [0.3, 0.4) is 0 Å². The first kappa shape index (κ1) is 15.7. The third kappa shape index (κ3) is 3.12. The number of aromatic nitrogens is 2. The third-order valence-electron chi connectivity index (χ3n) is 4.84. The average molecular weight is 336 g/mol. The minimum atomic E-state index is -0.285. The second kappa shape index (κ2) is 6.63. The fourth-order valence-corrected chi connectivity index (χ4v) is 3.44. The minimum Gasteiger partial charge on any atom is -0.296 e. The van der Waals surface area contributed by atoms with Gasteiger partial charge in [0.2, 0.25) is 0 Å². The zero-order valence-corrected chi connectivity index (χ0v) is 13.9. The normalized spacial score (nSPS) is 19.4. The van der Waals surface area contributed by atoms with Crippen molar-refractivity contribution in [3.63, 3.8) is 0 Å². The van der Waals surface area contributed by atoms with E-state index in [-0.39, 0.29) is 11.5 Å². The molecule has 0 fully saturated rings. The smallest absolute Gasteiger partial charge is 0.271 e. The van der Waals surface area contributed by atoms with E-state index in [9.17, 15) is 9.59 Å². The summed E-state index contributed by atoms with van der Waals surface area (Å²) in [5.74, 6) is 0.900. The van der Waals surface area contributed by atoms with Crippen molar-refractivity contribution in [3.05, 3.63) is 52.1 Å². The maximum absolute atomic E-state index is 12.4. The summed E-state index contributed by atoms with van der Waals surface area (Å²) in [6, 6.07) is 5.01. The van der Waals surface area contributed by atoms with Crippen molar-refractivity contribution in [3.8, 4) is 0 Å². The van der Waals surface area contributed by atoms with Gasteiger partial charge in [0.05, 0.1) is 10.9 Å². The van der Waals surface area contributed by atoms with Crippen molar-refractivity contribution in [1.82, 2.24) is 15.0 Å². The molecule has 6 heteroatoms. The quantitative estimate of drug-likeness (QED) is 0.531. The molecule has 25 heavy (non-hydrogen) atoms. The highest BCUT2D eigenvalue weighted by Crippen LogP contribution is 2.17. The molecule has 1 amide bonds. The second-order valence-electron chi connectivity index (χ2n) is 6.58. The predicted octanol–water partition coefficient (Wildman–Crippen LogP) is 2.41. The van der Waals surface area contributed by atoms with Gasteiger partial charge in [-0.1, -0.05) is 12.2 Å². The van der Waals surface area contributed by atoms with E-state index < -0.39 is 0 Å². The number of carbonyl (C=O) groups excluding carboxylic acids is 1. The van der Waals surface area contributed by atoms with E-state index in [4.69, 9.17) is 0 Å². The maximum atomic E-state index is 12.4. The summed E-state index contributed by atoms with van der Waals surface area (Å²) in [7, 11) is 0. The SMILES string of the molecule is O=C(N/N=C\[C@H]1CC=CCC1)c1ccc2c(=O)n3c(nc2c1)CCC3. The standard InChI is InChI=1S/C19H20N4O2/c24-18(22-20-12-13-5-2-1-3-6-13)14-8-9-15-16(11-14)21-17-7-4-10-23(17)19(15)25/h1-2,8-9,11-13H,3-7,10H2,(H,22,24)/b20-12-/t13-/m0/s1. The van der Waals surface area contributed by atoms with Gasteiger partial charge in [0.25, 0.3) is 11.5 Å². The van der Waals surface area contributed by atoms with Gasteiger partial charge in [-0.3, -0.25) is 14.2 Å². The van der Waals surface area contributed by atoms with Crippen LogP contribution in [0.2, 0.25) is 0 Å². The number of hydrazone groups is 1. The summed E-state index contributed by atoms with van der Waals surface area (Å²) in [5, 5.41) is 4.64. The van der Waals surface area contributed by atoms with E-state index >= 15 is 0 Å². The lowest BCUT2D eigenvalue weighted by atomic mass is 9.96. The number of aryl methyl sites for hydroxylation is 1. The molecule has 4 rings (SSSR count). The van der Waals surface area contributed by atoms with Gasteiger partial charge in [-0.05, 0) is 49.8 Å². The highest BCUT2D eigenvalue weighted by atomic mass is 16.2. The van der Waals surface area contributed by atoms with Crippen LogP contribution in [0, 0.1) is 5.92 Å². The number of benzene rings is 1. The van der Waals surface area contributed by atoms with E-state index in [1.807, 2.05) is 0 Å². The Labute approximate surface area is 145 Å². The first-order valence-electron chi connectivity index (χ1n) is 8.74. The summed E-state index contributed by atoms with van der Waals surface area (Å²) in [6.45, 7) is 0.727. The zero-order chi connectivity index (χ0) is 17.2. The van der Waals surface area contributed by atoms with Crippen molar-refractivity contribution < 1.29 is 4.79 Å². The van der Waals surface area contributed by atoms with Gasteiger partial charge in [-0.15, -0.1) is 0 Å². The van der Waals surface area contributed by atoms with Crippen molar-refractivity contribution in [2.45, 2.75) is 38.6 Å². The molecule has 0 radical (unpaired) electrons. The molecule has 1 atom stereocenters. The maximum Gasteiger partial charge on any atom is 0.271 e. The van der Waals surface area contributed by atoms with E-state index in [2.05, 4.69) is 27.7 Å². The molecule has 0 spiro atoms. The molecular weight excluding hydrogens is 316 g/mol. The van der Waals surface area contributed by atoms with Crippen LogP contribution in [0.4, 0.5) is 0 Å². The summed E-state index contributed by atoms with van der Waals surface area (Å²) in [5.41, 5.74) is 3.59. The Balaban J connectivity index is 1.54. The average Bonchev–Trinajstić information content (AvgIpc) is 3.11. The summed E-state index contributed by atoms with van der Waals surface area (Å²) < 4.78 is 1.73. The molecule has 0 saturated heterocycles. The Hall–Kier alpha value is -2.76. The summed E-state index contributed by atoms with van der Waals surface area (Å²) >= 11 is 0. The lowest BCUT2D eigenvalue weighted by Gasteiger charge is -2.11. The number of fused-ring (bicyclic) bond motifs is 2. The highest BCUT2D eigenvalue weighted by molar-refractivity contribution is 5.97. The second-order valence-corrected chi connectivity index (χ2v) is 6.58. The van der Waals surface area contributed by atoms with Gasteiger partial charge in [0.15, 0.2) is 0 Å². The fourth-order valence-electron chi connectivity index (χ4n) is 3.44. The fraction of sp³-hybridized carbons (Fsp3) is 0.368. The third-order valence-corrected chi connectivity index (χ3v) is 4.84. The first-order valence-corrected chi connectivity index (χ1v) is 8.74. The minimum absolute atomic E-state index is 0.0205. The molecule has 1 aliphatic heterocycles. The van der Waals surface area contributed by atoms with E-state index in [0.29, 0.717) is 22.4 Å². The van der Waals surface area contributed by atoms with Crippen LogP contribution < -0.4 is 11.0 Å². The van der Waals surface area contributed by atoms with Crippen LogP contribution in [-0.2, 0) is 13.0 Å². The van der Waals surface area contributed by atoms with E-state index in [1.165, 1.54) is 0 Å². The van der Waals surface area contributed by atoms with Crippen LogP contribution in [0.15, 0.2) is 40.2 Å². The Bertz CT molecular complexity index is 942. The lowest BCUT2D eigenvalue weighted by molar-refractivity contribution is 0.0955. The molecule has 6 nitrogen and oxygen atoms in total. The summed E-state index contributed by atoms with van der Waals surface area (Å²) in [4.78, 5) is 29.3. The van der Waals surface area contributed by atoms with Crippen LogP contribution in [0.25, 0.3) is 10.9 Å². The highest BCUT2D eigenvalue weighted by Gasteiger charge is 2.17. The number of allylic oxidation sites excluding steroid dienone is 2. The molecule has 1 aromatic heterocycles. The largest absolute Gasteiger partial charge is 0.296 e. The van der Waals surface area contributed by atoms with Crippen LogP contribution in [-0.4, -0.2) is 21.7 Å². The van der Waals surface area contributed by atoms with Crippen LogP contribution in [0.5, 0.6) is 0 Å². The van der Waals surface area contributed by atoms with Gasteiger partial charge in [0, 0.05) is 24.7 Å². The van der Waals surface area contributed by atoms with Gasteiger partial charge in [-0.25, -0.2) is 10.4 Å². The number of nitrogens with one attached hydrogen (secondary N) is 1. The van der Waals surface area contributed by atoms with Crippen molar-refractivity contribution in [2.24, 2.45) is 11.0 Å². The number of amides is 1. The summed E-state index contributed by atoms with van der Waals surface area (Å²) in [6.07, 6.45) is 11.0. The topological polar surface area (TPSA) is 76.3 Å². The van der Waals surface area contributed by atoms with Crippen LogP contribution in [0.1, 0.15) is 41.9 Å². The zero-order valence-electron chi connectivity index (χ0n) is 13.9. The van der Waals surface area contributed by atoms with Crippen molar-refractivity contribution in [1.29, 1.82) is 0 Å². The number of nitrogens with zero attached hydrogens (tertiary/aromatic N) is 3. The number of hydrogen-bond donors (Lipinski definition) is 1. The molecular formula is C19H20N4O2. The molecule has 0 saturated carbocycles. The predicted molar refractivity (Wildman–Crippen MR) is 96.8 cm³/mol. The van der Waals surface area contributed by atoms with Gasteiger partial charge >= 0.3 is 0 Å². The molecule has 2 aliphatic rings. The molecule has 1 aromatic carbocycles. The molecule has 1 aliphatic carbocycles. The Morgan fingerprint density at radius 2 is 2.28 bits per heavy atom. The lowest BCUT2D eigenvalue weighted by Crippen LogP contribution is -2.22. The number of carbonyl (C=O) groups is 1. The Kier molecular flexibility index (Phi) is 4.17. The van der Waals surface area contributed by atoms with Gasteiger partial charge in [-0.2, -0.15) is 5.10 Å². The Morgan fingerprint density at radius 3 is 3.12 bits per heavy atom. The molecule has 1 N–H and O–H groups in total. The Morgan fingerprint density at radius 1 is 1.36 bits per heavy atom. The number of hydrogen-bond acceptors (Lipinski definition) is 4. The molecule has 2 heterocycles. The van der Waals surface area contributed by atoms with Gasteiger partial charge < -0.3 is 0 Å². The molecule has 0 bridgehead atoms. The number of rotatable bonds is 3. The molecule has 0 unspecified atom stereocenters. The monoisotopic (exact) mass is 336 g/mol. The van der Waals surface area contributed by atoms with Crippen LogP contribution >= 0.6 is 0 Å². The van der Waals surface area contributed by atoms with E-state index in [1.54, 1.807) is 29.0 Å². The van der Waals surface area contributed by atoms with Crippen molar-refractivity contribution in [2.75, 3.05) is 0 Å². The van der Waals surface area contributed by atoms with Gasteiger partial charge in [0.1, 0.15) is 5.82 Å². The molecule has 128 valence electrons. The van der Waals surface area contributed by atoms with E-state index in [0.717, 1.165) is 44.5 Å².